The zero-order chi connectivity index (χ0) is 49.3. The van der Waals surface area contributed by atoms with Gasteiger partial charge in [-0.1, -0.05) is 281 Å². The van der Waals surface area contributed by atoms with Crippen LogP contribution >= 0.6 is 0 Å². The predicted octanol–water partition coefficient (Wildman–Crippen LogP) is 19.8. The molecule has 0 amide bonds. The van der Waals surface area contributed by atoms with Gasteiger partial charge in [0.25, 0.3) is 0 Å². The number of hydrogen-bond acceptors (Lipinski definition) is 6. The number of carbonyl (C=O) groups is 3. The van der Waals surface area contributed by atoms with E-state index in [0.29, 0.717) is 19.3 Å². The summed E-state index contributed by atoms with van der Waals surface area (Å²) in [7, 11) is 0. The molecule has 0 unspecified atom stereocenters. The van der Waals surface area contributed by atoms with Crippen molar-refractivity contribution in [3.63, 3.8) is 0 Å². The van der Waals surface area contributed by atoms with Gasteiger partial charge in [-0.05, 0) is 57.8 Å². The number of unbranched alkanes of at least 4 members (excludes halogenated alkanes) is 35. The Hall–Kier alpha value is -2.63. The van der Waals surface area contributed by atoms with Gasteiger partial charge in [-0.25, -0.2) is 0 Å². The SMILES string of the molecule is CCCCC/C=C\C/C=C\C/C=C\C/C=C\CCCC(=O)O[C@H](COC(=O)CCCCCCCCCCCCCCCCC)COC(=O)CCCCCCCCCCCCCCCCCCCC. The van der Waals surface area contributed by atoms with E-state index in [0.717, 1.165) is 64.2 Å². The van der Waals surface area contributed by atoms with Crippen LogP contribution in [0, 0.1) is 0 Å². The molecule has 0 saturated carbocycles. The van der Waals surface area contributed by atoms with Crippen LogP contribution in [0.2, 0.25) is 0 Å². The summed E-state index contributed by atoms with van der Waals surface area (Å²) in [5.41, 5.74) is 0. The molecule has 68 heavy (non-hydrogen) atoms. The molecule has 0 aliphatic rings. The maximum atomic E-state index is 12.8. The highest BCUT2D eigenvalue weighted by Gasteiger charge is 2.19. The number of rotatable bonds is 54. The highest BCUT2D eigenvalue weighted by atomic mass is 16.6. The van der Waals surface area contributed by atoms with Gasteiger partial charge in [-0.3, -0.25) is 14.4 Å². The van der Waals surface area contributed by atoms with Crippen molar-refractivity contribution >= 4 is 17.9 Å². The molecule has 0 bridgehead atoms. The summed E-state index contributed by atoms with van der Waals surface area (Å²) in [4.78, 5) is 38.2. The third kappa shape index (κ3) is 54.3. The number of hydrogen-bond donors (Lipinski definition) is 0. The largest absolute Gasteiger partial charge is 0.462 e. The number of ether oxygens (including phenoxy) is 3. The van der Waals surface area contributed by atoms with Crippen LogP contribution in [0.1, 0.15) is 310 Å². The van der Waals surface area contributed by atoms with Crippen molar-refractivity contribution in [2.45, 2.75) is 316 Å². The summed E-state index contributed by atoms with van der Waals surface area (Å²) in [6, 6.07) is 0. The topological polar surface area (TPSA) is 78.9 Å². The molecule has 0 N–H and O–H groups in total. The van der Waals surface area contributed by atoms with Crippen LogP contribution in [0.4, 0.5) is 0 Å². The van der Waals surface area contributed by atoms with E-state index in [2.05, 4.69) is 69.4 Å². The third-order valence-electron chi connectivity index (χ3n) is 13.1. The minimum atomic E-state index is -0.798. The van der Waals surface area contributed by atoms with Crippen LogP contribution in [0.5, 0.6) is 0 Å². The fraction of sp³-hybridized carbons (Fsp3) is 0.823. The van der Waals surface area contributed by atoms with Crippen molar-refractivity contribution in [2.24, 2.45) is 0 Å². The van der Waals surface area contributed by atoms with Gasteiger partial charge in [-0.2, -0.15) is 0 Å². The first-order valence-electron chi connectivity index (χ1n) is 29.6. The zero-order valence-electron chi connectivity index (χ0n) is 45.4. The highest BCUT2D eigenvalue weighted by Crippen LogP contribution is 2.17. The van der Waals surface area contributed by atoms with Gasteiger partial charge in [-0.15, -0.1) is 0 Å². The molecule has 0 aliphatic carbocycles. The standard InChI is InChI=1S/C62H112O6/c1-4-7-10-13-16-19-22-25-28-30-32-34-37-40-43-46-49-52-55-61(64)67-58-59(57-66-60(63)54-51-48-45-42-39-36-33-27-24-21-18-15-12-9-6-3)68-62(65)56-53-50-47-44-41-38-35-31-29-26-23-20-17-14-11-8-5-2/h17,20,26,29,35,38,44,47,59H,4-16,18-19,21-25,27-28,30-34,36-37,39-43,45-46,48-58H2,1-3H3/b20-17-,29-26-,38-35-,47-44-/t59-/m1/s1. The highest BCUT2D eigenvalue weighted by molar-refractivity contribution is 5.71. The summed E-state index contributed by atoms with van der Waals surface area (Å²) in [5.74, 6) is -0.928. The summed E-state index contributed by atoms with van der Waals surface area (Å²) in [6.45, 7) is 6.61. The van der Waals surface area contributed by atoms with Crippen molar-refractivity contribution in [1.82, 2.24) is 0 Å². The first-order chi connectivity index (χ1) is 33.5. The Morgan fingerprint density at radius 2 is 0.544 bits per heavy atom. The quantitative estimate of drug-likeness (QED) is 0.0262. The normalized spacial score (nSPS) is 12.3. The van der Waals surface area contributed by atoms with Crippen molar-refractivity contribution in [3.05, 3.63) is 48.6 Å². The molecule has 0 fully saturated rings. The molecule has 0 radical (unpaired) electrons. The number of allylic oxidation sites excluding steroid dienone is 8. The second-order valence-electron chi connectivity index (χ2n) is 19.9. The van der Waals surface area contributed by atoms with E-state index in [1.807, 2.05) is 0 Å². The lowest BCUT2D eigenvalue weighted by Crippen LogP contribution is -2.30. The van der Waals surface area contributed by atoms with Gasteiger partial charge < -0.3 is 14.2 Å². The molecular formula is C62H112O6. The lowest BCUT2D eigenvalue weighted by Gasteiger charge is -2.18. The summed E-state index contributed by atoms with van der Waals surface area (Å²) in [5, 5.41) is 0. The minimum Gasteiger partial charge on any atom is -0.462 e. The lowest BCUT2D eigenvalue weighted by atomic mass is 10.0. The molecule has 0 aromatic heterocycles. The third-order valence-corrected chi connectivity index (χ3v) is 13.1. The van der Waals surface area contributed by atoms with E-state index in [1.54, 1.807) is 0 Å². The molecule has 6 heteroatoms. The van der Waals surface area contributed by atoms with Crippen LogP contribution in [0.25, 0.3) is 0 Å². The molecule has 396 valence electrons. The Balaban J connectivity index is 4.41. The van der Waals surface area contributed by atoms with Crippen molar-refractivity contribution < 1.29 is 28.6 Å². The van der Waals surface area contributed by atoms with Crippen molar-refractivity contribution in [2.75, 3.05) is 13.2 Å². The molecule has 0 saturated heterocycles. The molecule has 6 nitrogen and oxygen atoms in total. The number of carbonyl (C=O) groups excluding carboxylic acids is 3. The average Bonchev–Trinajstić information content (AvgIpc) is 3.34. The van der Waals surface area contributed by atoms with E-state index in [9.17, 15) is 14.4 Å². The van der Waals surface area contributed by atoms with Gasteiger partial charge in [0.2, 0.25) is 0 Å². The minimum absolute atomic E-state index is 0.0902. The van der Waals surface area contributed by atoms with E-state index in [4.69, 9.17) is 14.2 Å². The van der Waals surface area contributed by atoms with Crippen LogP contribution in [0.15, 0.2) is 48.6 Å². The average molecular weight is 954 g/mol. The van der Waals surface area contributed by atoms with Crippen LogP contribution < -0.4 is 0 Å². The fourth-order valence-electron chi connectivity index (χ4n) is 8.61. The molecule has 1 atom stereocenters. The predicted molar refractivity (Wildman–Crippen MR) is 293 cm³/mol. The maximum Gasteiger partial charge on any atom is 0.306 e. The van der Waals surface area contributed by atoms with E-state index < -0.39 is 6.10 Å². The molecule has 0 heterocycles. The number of esters is 3. The van der Waals surface area contributed by atoms with E-state index >= 15 is 0 Å². The van der Waals surface area contributed by atoms with Gasteiger partial charge in [0.05, 0.1) is 0 Å². The Labute approximate surface area is 422 Å². The van der Waals surface area contributed by atoms with E-state index in [-0.39, 0.29) is 37.5 Å². The molecular weight excluding hydrogens is 841 g/mol. The molecule has 0 aromatic carbocycles. The monoisotopic (exact) mass is 953 g/mol. The Kier molecular flexibility index (Phi) is 54.8. The lowest BCUT2D eigenvalue weighted by molar-refractivity contribution is -0.167. The summed E-state index contributed by atoms with van der Waals surface area (Å²) >= 11 is 0. The maximum absolute atomic E-state index is 12.8. The van der Waals surface area contributed by atoms with Gasteiger partial charge in [0.1, 0.15) is 13.2 Å². The van der Waals surface area contributed by atoms with Crippen LogP contribution in [-0.4, -0.2) is 37.2 Å². The van der Waals surface area contributed by atoms with Gasteiger partial charge >= 0.3 is 17.9 Å². The first kappa shape index (κ1) is 65.4. The van der Waals surface area contributed by atoms with Gasteiger partial charge in [0.15, 0.2) is 6.10 Å². The zero-order valence-corrected chi connectivity index (χ0v) is 45.4. The summed E-state index contributed by atoms with van der Waals surface area (Å²) < 4.78 is 16.8. The first-order valence-corrected chi connectivity index (χ1v) is 29.6. The molecule has 0 spiro atoms. The van der Waals surface area contributed by atoms with E-state index in [1.165, 1.54) is 199 Å². The Morgan fingerprint density at radius 1 is 0.294 bits per heavy atom. The second-order valence-corrected chi connectivity index (χ2v) is 19.9. The Bertz CT molecular complexity index is 1190. The molecule has 0 aromatic rings. The molecule has 0 aliphatic heterocycles. The second kappa shape index (κ2) is 57.0. The van der Waals surface area contributed by atoms with Crippen LogP contribution in [0.3, 0.4) is 0 Å². The van der Waals surface area contributed by atoms with Gasteiger partial charge in [0, 0.05) is 19.3 Å². The summed E-state index contributed by atoms with van der Waals surface area (Å²) in [6.07, 6.45) is 69.6. The smallest absolute Gasteiger partial charge is 0.306 e. The van der Waals surface area contributed by atoms with Crippen molar-refractivity contribution in [3.8, 4) is 0 Å². The fourth-order valence-corrected chi connectivity index (χ4v) is 8.61. The van der Waals surface area contributed by atoms with Crippen LogP contribution in [-0.2, 0) is 28.6 Å². The molecule has 0 rings (SSSR count). The Morgan fingerprint density at radius 3 is 0.868 bits per heavy atom. The van der Waals surface area contributed by atoms with Crippen molar-refractivity contribution in [1.29, 1.82) is 0 Å².